The van der Waals surface area contributed by atoms with E-state index in [0.29, 0.717) is 5.69 Å². The lowest BCUT2D eigenvalue weighted by Gasteiger charge is -1.71. The number of nitro groups is 1. The second-order valence-corrected chi connectivity index (χ2v) is 1.96. The highest BCUT2D eigenvalue weighted by molar-refractivity contribution is 5.99. The van der Waals surface area contributed by atoms with Gasteiger partial charge in [0.15, 0.2) is 0 Å². The van der Waals surface area contributed by atoms with Gasteiger partial charge in [-0.1, -0.05) is 6.07 Å². The maximum atomic E-state index is 10.0. The van der Waals surface area contributed by atoms with Gasteiger partial charge in [0.2, 0.25) is 0 Å². The molecule has 0 spiro atoms. The third-order valence-electron chi connectivity index (χ3n) is 1.45. The van der Waals surface area contributed by atoms with E-state index in [1.165, 1.54) is 0 Å². The van der Waals surface area contributed by atoms with Gasteiger partial charge < -0.3 is 0 Å². The van der Waals surface area contributed by atoms with Crippen molar-refractivity contribution >= 4 is 5.69 Å². The lowest BCUT2D eigenvalue weighted by molar-refractivity contribution is -0.379. The van der Waals surface area contributed by atoms with Gasteiger partial charge in [0.05, 0.1) is 16.1 Å². The van der Waals surface area contributed by atoms with E-state index in [1.54, 1.807) is 12.1 Å². The summed E-state index contributed by atoms with van der Waals surface area (Å²) in [5.41, 5.74) is 1.91. The number of para-hydroxylation sites is 1. The quantitative estimate of drug-likeness (QED) is 0.424. The number of hydrogen-bond donors (Lipinski definition) is 0. The average Bonchev–Trinajstić information content (AvgIpc) is 2.30. The molecular formula is C6H3NO2. The summed E-state index contributed by atoms with van der Waals surface area (Å²) in [6.07, 6.45) is 0. The zero-order chi connectivity index (χ0) is 6.43. The monoisotopic (exact) mass is 121 g/mol. The Morgan fingerprint density at radius 3 is 2.22 bits per heavy atom. The molecule has 0 unspecified atom stereocenters. The van der Waals surface area contributed by atoms with Crippen LogP contribution in [0.25, 0.3) is 11.1 Å². The van der Waals surface area contributed by atoms with Crippen molar-refractivity contribution in [1.29, 1.82) is 0 Å². The van der Waals surface area contributed by atoms with Crippen molar-refractivity contribution in [3.8, 4) is 11.1 Å². The number of nitro benzene ring substituents is 1. The predicted octanol–water partition coefficient (Wildman–Crippen LogP) is 1.58. The summed E-state index contributed by atoms with van der Waals surface area (Å²) in [6.45, 7) is 0. The van der Waals surface area contributed by atoms with Crippen molar-refractivity contribution in [3.05, 3.63) is 28.3 Å². The Morgan fingerprint density at radius 1 is 1.33 bits per heavy atom. The van der Waals surface area contributed by atoms with Crippen LogP contribution in [0.5, 0.6) is 0 Å². The number of benzene rings is 1. The van der Waals surface area contributed by atoms with Gasteiger partial charge in [-0.25, -0.2) is 0 Å². The summed E-state index contributed by atoms with van der Waals surface area (Å²) in [5, 5.41) is 10.0. The molecule has 0 fully saturated rings. The fourth-order valence-electron chi connectivity index (χ4n) is 0.981. The summed E-state index contributed by atoms with van der Waals surface area (Å²) >= 11 is 0. The van der Waals surface area contributed by atoms with E-state index < -0.39 is 0 Å². The number of nitrogens with zero attached hydrogens (tertiary/aromatic N) is 1. The van der Waals surface area contributed by atoms with E-state index in [1.807, 2.05) is 6.07 Å². The Hall–Kier alpha value is -1.38. The minimum atomic E-state index is -0.343. The molecule has 0 bridgehead atoms. The maximum absolute atomic E-state index is 10.0. The van der Waals surface area contributed by atoms with Crippen molar-refractivity contribution < 1.29 is 4.92 Å². The van der Waals surface area contributed by atoms with Crippen LogP contribution in [-0.2, 0) is 0 Å². The van der Waals surface area contributed by atoms with E-state index in [4.69, 9.17) is 0 Å². The van der Waals surface area contributed by atoms with Crippen molar-refractivity contribution in [2.45, 2.75) is 0 Å². The van der Waals surface area contributed by atoms with Gasteiger partial charge in [0.25, 0.3) is 5.69 Å². The van der Waals surface area contributed by atoms with Gasteiger partial charge in [-0.15, -0.1) is 0 Å². The topological polar surface area (TPSA) is 43.1 Å². The molecule has 2 aliphatic carbocycles. The number of fused-ring (bicyclic) bond motifs is 1. The molecule has 0 N–H and O–H groups in total. The minimum Gasteiger partial charge on any atom is -0.258 e. The molecule has 0 aliphatic heterocycles. The van der Waals surface area contributed by atoms with Crippen LogP contribution in [0.3, 0.4) is 0 Å². The van der Waals surface area contributed by atoms with E-state index in [0.717, 1.165) is 11.1 Å². The molecule has 0 saturated heterocycles. The van der Waals surface area contributed by atoms with Gasteiger partial charge in [-0.3, -0.25) is 10.1 Å². The summed E-state index contributed by atoms with van der Waals surface area (Å²) in [4.78, 5) is 9.71. The Labute approximate surface area is 51.1 Å². The molecule has 3 heteroatoms. The van der Waals surface area contributed by atoms with Gasteiger partial charge >= 0.3 is 0 Å². The zero-order valence-corrected chi connectivity index (χ0v) is 4.50. The van der Waals surface area contributed by atoms with Crippen molar-refractivity contribution in [2.24, 2.45) is 0 Å². The summed E-state index contributed by atoms with van der Waals surface area (Å²) in [5.74, 6) is 0. The van der Waals surface area contributed by atoms with Crippen LogP contribution in [0.4, 0.5) is 5.69 Å². The van der Waals surface area contributed by atoms with E-state index in [2.05, 4.69) is 0 Å². The molecular weight excluding hydrogens is 118 g/mol. The molecule has 44 valence electrons. The average molecular weight is 121 g/mol. The first kappa shape index (κ1) is 4.49. The minimum absolute atomic E-state index is 0.303. The molecule has 0 amide bonds. The Bertz CT molecular complexity index is 273. The predicted molar refractivity (Wildman–Crippen MR) is 32.1 cm³/mol. The third kappa shape index (κ3) is 0.408. The molecule has 0 aromatic heterocycles. The first-order valence-corrected chi connectivity index (χ1v) is 2.58. The van der Waals surface area contributed by atoms with Crippen LogP contribution in [0.1, 0.15) is 0 Å². The normalized spacial score (nSPS) is 11.1. The second-order valence-electron chi connectivity index (χ2n) is 1.96. The van der Waals surface area contributed by atoms with Crippen LogP contribution in [0, 0.1) is 10.1 Å². The Kier molecular flexibility index (Phi) is 0.563. The fraction of sp³-hybridized carbons (Fsp3) is 0. The first-order valence-electron chi connectivity index (χ1n) is 2.58. The van der Waals surface area contributed by atoms with Gasteiger partial charge in [-0.05, 0) is 12.1 Å². The molecule has 0 saturated carbocycles. The zero-order valence-electron chi connectivity index (χ0n) is 4.50. The van der Waals surface area contributed by atoms with E-state index in [9.17, 15) is 10.1 Å². The highest BCUT2D eigenvalue weighted by Crippen LogP contribution is 2.50. The van der Waals surface area contributed by atoms with E-state index >= 15 is 0 Å². The van der Waals surface area contributed by atoms with Gasteiger partial charge in [0.1, 0.15) is 0 Å². The van der Waals surface area contributed by atoms with Crippen molar-refractivity contribution in [2.75, 3.05) is 0 Å². The smallest absolute Gasteiger partial charge is 0.258 e. The Morgan fingerprint density at radius 2 is 1.89 bits per heavy atom. The maximum Gasteiger partial charge on any atom is 0.285 e. The lowest BCUT2D eigenvalue weighted by atomic mass is 10.6. The number of hydrogen-bond acceptors (Lipinski definition) is 2. The third-order valence-corrected chi connectivity index (χ3v) is 1.45. The van der Waals surface area contributed by atoms with Crippen molar-refractivity contribution in [3.63, 3.8) is 0 Å². The van der Waals surface area contributed by atoms with Gasteiger partial charge in [-0.2, -0.15) is 0 Å². The molecule has 0 aromatic carbocycles. The Balaban J connectivity index is 2.53. The summed E-state index contributed by atoms with van der Waals surface area (Å²) in [6, 6.07) is 5.33. The van der Waals surface area contributed by atoms with Crippen molar-refractivity contribution in [1.82, 2.24) is 0 Å². The first-order chi connectivity index (χ1) is 4.30. The van der Waals surface area contributed by atoms with Crippen LogP contribution in [0.2, 0.25) is 0 Å². The van der Waals surface area contributed by atoms with Crippen LogP contribution < -0.4 is 0 Å². The second kappa shape index (κ2) is 1.13. The fourth-order valence-corrected chi connectivity index (χ4v) is 0.981. The lowest BCUT2D eigenvalue weighted by Crippen LogP contribution is -1.76. The van der Waals surface area contributed by atoms with E-state index in [-0.39, 0.29) is 4.92 Å². The molecule has 9 heavy (non-hydrogen) atoms. The van der Waals surface area contributed by atoms with Crippen LogP contribution in [0.15, 0.2) is 18.2 Å². The largest absolute Gasteiger partial charge is 0.285 e. The molecule has 0 heterocycles. The SMILES string of the molecule is O=[N+]([O-])c1c2cccc1-2. The standard InChI is InChI=1S/C6H3NO2/c8-7(9)6-4-2-1-3-5(4)6/h1-3H. The highest BCUT2D eigenvalue weighted by Gasteiger charge is 2.34. The molecule has 0 atom stereocenters. The molecule has 2 aliphatic rings. The molecule has 0 radical (unpaired) electrons. The molecule has 2 rings (SSSR count). The number of rotatable bonds is 1. The van der Waals surface area contributed by atoms with Crippen LogP contribution >= 0.6 is 0 Å². The molecule has 3 nitrogen and oxygen atoms in total. The van der Waals surface area contributed by atoms with Gasteiger partial charge in [0, 0.05) is 0 Å². The molecule has 0 aromatic rings. The summed E-state index contributed by atoms with van der Waals surface area (Å²) < 4.78 is 0. The van der Waals surface area contributed by atoms with Crippen LogP contribution in [-0.4, -0.2) is 4.92 Å². The summed E-state index contributed by atoms with van der Waals surface area (Å²) in [7, 11) is 0. The highest BCUT2D eigenvalue weighted by atomic mass is 16.6.